The van der Waals surface area contributed by atoms with E-state index in [0.29, 0.717) is 37.6 Å². The number of oxazole rings is 1. The van der Waals surface area contributed by atoms with Gasteiger partial charge in [-0.3, -0.25) is 4.79 Å². The SMILES string of the molecule is CCOC(=O)C1CCCN(S(=O)(=O)NCc2nc(C)c(C)o2)C1. The Bertz CT molecular complexity index is 636. The minimum absolute atomic E-state index is 0.0163. The van der Waals surface area contributed by atoms with Crippen molar-refractivity contribution in [2.75, 3.05) is 19.7 Å². The van der Waals surface area contributed by atoms with Crippen molar-refractivity contribution in [1.82, 2.24) is 14.0 Å². The predicted octanol–water partition coefficient (Wildman–Crippen LogP) is 0.901. The Morgan fingerprint density at radius 2 is 2.22 bits per heavy atom. The average Bonchev–Trinajstić information content (AvgIpc) is 2.84. The Labute approximate surface area is 136 Å². The van der Waals surface area contributed by atoms with Crippen LogP contribution in [0.3, 0.4) is 0 Å². The van der Waals surface area contributed by atoms with Gasteiger partial charge in [-0.2, -0.15) is 17.4 Å². The molecule has 9 heteroatoms. The lowest BCUT2D eigenvalue weighted by Crippen LogP contribution is -2.47. The summed E-state index contributed by atoms with van der Waals surface area (Å²) in [6.07, 6.45) is 1.27. The molecule has 0 amide bonds. The molecule has 130 valence electrons. The van der Waals surface area contributed by atoms with Gasteiger partial charge in [0.25, 0.3) is 10.2 Å². The number of rotatable bonds is 6. The van der Waals surface area contributed by atoms with E-state index in [4.69, 9.17) is 9.15 Å². The highest BCUT2D eigenvalue weighted by atomic mass is 32.2. The van der Waals surface area contributed by atoms with Crippen molar-refractivity contribution in [2.45, 2.75) is 40.2 Å². The Hall–Kier alpha value is -1.45. The molecular weight excluding hydrogens is 322 g/mol. The summed E-state index contributed by atoms with van der Waals surface area (Å²) in [5, 5.41) is 0. The minimum atomic E-state index is -3.69. The number of aromatic nitrogens is 1. The van der Waals surface area contributed by atoms with Crippen LogP contribution in [0.4, 0.5) is 0 Å². The molecule has 0 aliphatic carbocycles. The number of piperidine rings is 1. The fraction of sp³-hybridized carbons (Fsp3) is 0.714. The number of ether oxygens (including phenoxy) is 1. The van der Waals surface area contributed by atoms with Crippen LogP contribution in [-0.2, 0) is 26.3 Å². The lowest BCUT2D eigenvalue weighted by molar-refractivity contribution is -0.149. The summed E-state index contributed by atoms with van der Waals surface area (Å²) < 4.78 is 38.8. The quantitative estimate of drug-likeness (QED) is 0.769. The van der Waals surface area contributed by atoms with Gasteiger partial charge in [-0.15, -0.1) is 0 Å². The molecule has 0 saturated carbocycles. The van der Waals surface area contributed by atoms with Gasteiger partial charge in [-0.1, -0.05) is 0 Å². The van der Waals surface area contributed by atoms with E-state index in [0.717, 1.165) is 5.69 Å². The minimum Gasteiger partial charge on any atom is -0.466 e. The maximum atomic E-state index is 12.4. The number of nitrogens with zero attached hydrogens (tertiary/aromatic N) is 2. The second kappa shape index (κ2) is 7.41. The van der Waals surface area contributed by atoms with E-state index in [1.165, 1.54) is 4.31 Å². The molecular formula is C14H23N3O5S. The summed E-state index contributed by atoms with van der Waals surface area (Å²) in [7, 11) is -3.69. The summed E-state index contributed by atoms with van der Waals surface area (Å²) in [5.74, 6) is 0.236. The van der Waals surface area contributed by atoms with Gasteiger partial charge in [0.2, 0.25) is 5.89 Å². The first kappa shape index (κ1) is 17.9. The van der Waals surface area contributed by atoms with E-state index in [2.05, 4.69) is 9.71 Å². The molecule has 2 rings (SSSR count). The number of aryl methyl sites for hydroxylation is 2. The Morgan fingerprint density at radius 1 is 1.48 bits per heavy atom. The van der Waals surface area contributed by atoms with E-state index in [1.54, 1.807) is 20.8 Å². The molecule has 1 aliphatic rings. The number of carbonyl (C=O) groups excluding carboxylic acids is 1. The summed E-state index contributed by atoms with van der Waals surface area (Å²) in [4.78, 5) is 15.9. The van der Waals surface area contributed by atoms with Gasteiger partial charge >= 0.3 is 5.97 Å². The summed E-state index contributed by atoms with van der Waals surface area (Å²) in [6, 6.07) is 0. The molecule has 1 N–H and O–H groups in total. The van der Waals surface area contributed by atoms with Crippen LogP contribution in [0.15, 0.2) is 4.42 Å². The molecule has 23 heavy (non-hydrogen) atoms. The fourth-order valence-corrected chi connectivity index (χ4v) is 3.71. The first-order chi connectivity index (χ1) is 10.8. The highest BCUT2D eigenvalue weighted by molar-refractivity contribution is 7.87. The highest BCUT2D eigenvalue weighted by Gasteiger charge is 2.33. The van der Waals surface area contributed by atoms with Gasteiger partial charge in [-0.25, -0.2) is 4.98 Å². The van der Waals surface area contributed by atoms with Crippen molar-refractivity contribution in [1.29, 1.82) is 0 Å². The third kappa shape index (κ3) is 4.52. The van der Waals surface area contributed by atoms with Gasteiger partial charge in [0.15, 0.2) is 0 Å². The number of hydrogen-bond acceptors (Lipinski definition) is 6. The van der Waals surface area contributed by atoms with Gasteiger partial charge < -0.3 is 9.15 Å². The second-order valence-electron chi connectivity index (χ2n) is 5.52. The van der Waals surface area contributed by atoms with Gasteiger partial charge in [0, 0.05) is 13.1 Å². The van der Waals surface area contributed by atoms with Crippen LogP contribution in [0.25, 0.3) is 0 Å². The Kier molecular flexibility index (Phi) is 5.77. The van der Waals surface area contributed by atoms with Crippen LogP contribution in [-0.4, -0.2) is 43.4 Å². The highest BCUT2D eigenvalue weighted by Crippen LogP contribution is 2.20. The third-order valence-corrected chi connectivity index (χ3v) is 5.34. The molecule has 0 spiro atoms. The standard InChI is InChI=1S/C14H23N3O5S/c1-4-21-14(18)12-6-5-7-17(9-12)23(19,20)15-8-13-16-10(2)11(3)22-13/h12,15H,4-9H2,1-3H3. The molecule has 1 atom stereocenters. The molecule has 1 saturated heterocycles. The monoisotopic (exact) mass is 345 g/mol. The summed E-state index contributed by atoms with van der Waals surface area (Å²) >= 11 is 0. The normalized spacial score (nSPS) is 19.7. The van der Waals surface area contributed by atoms with Crippen molar-refractivity contribution in [3.8, 4) is 0 Å². The van der Waals surface area contributed by atoms with Gasteiger partial charge in [-0.05, 0) is 33.6 Å². The van der Waals surface area contributed by atoms with Crippen molar-refractivity contribution < 1.29 is 22.4 Å². The molecule has 1 unspecified atom stereocenters. The molecule has 1 fully saturated rings. The zero-order valence-corrected chi connectivity index (χ0v) is 14.5. The molecule has 2 heterocycles. The Balaban J connectivity index is 1.96. The predicted molar refractivity (Wildman–Crippen MR) is 82.7 cm³/mol. The van der Waals surface area contributed by atoms with Crippen LogP contribution in [0.1, 0.15) is 37.1 Å². The lowest BCUT2D eigenvalue weighted by atomic mass is 10.0. The fourth-order valence-electron chi connectivity index (χ4n) is 2.47. The molecule has 1 aliphatic heterocycles. The molecule has 0 radical (unpaired) electrons. The summed E-state index contributed by atoms with van der Waals surface area (Å²) in [5.41, 5.74) is 0.736. The Morgan fingerprint density at radius 3 is 2.83 bits per heavy atom. The van der Waals surface area contributed by atoms with Crippen LogP contribution in [0.5, 0.6) is 0 Å². The molecule has 0 bridgehead atoms. The first-order valence-electron chi connectivity index (χ1n) is 7.67. The average molecular weight is 345 g/mol. The van der Waals surface area contributed by atoms with Crippen molar-refractivity contribution in [3.05, 3.63) is 17.3 Å². The van der Waals surface area contributed by atoms with E-state index in [1.807, 2.05) is 0 Å². The molecule has 0 aromatic carbocycles. The van der Waals surface area contributed by atoms with E-state index < -0.39 is 16.1 Å². The summed E-state index contributed by atoms with van der Waals surface area (Å²) in [6.45, 7) is 6.10. The lowest BCUT2D eigenvalue weighted by Gasteiger charge is -2.30. The maximum absolute atomic E-state index is 12.4. The van der Waals surface area contributed by atoms with Crippen LogP contribution >= 0.6 is 0 Å². The van der Waals surface area contributed by atoms with Crippen molar-refractivity contribution >= 4 is 16.2 Å². The largest absolute Gasteiger partial charge is 0.466 e. The zero-order valence-electron chi connectivity index (χ0n) is 13.7. The van der Waals surface area contributed by atoms with Crippen LogP contribution in [0, 0.1) is 19.8 Å². The molecule has 1 aromatic heterocycles. The smallest absolute Gasteiger partial charge is 0.310 e. The van der Waals surface area contributed by atoms with Gasteiger partial charge in [0.1, 0.15) is 5.76 Å². The molecule has 8 nitrogen and oxygen atoms in total. The van der Waals surface area contributed by atoms with Crippen molar-refractivity contribution in [3.63, 3.8) is 0 Å². The number of carbonyl (C=O) groups is 1. The third-order valence-electron chi connectivity index (χ3n) is 3.82. The van der Waals surface area contributed by atoms with Gasteiger partial charge in [0.05, 0.1) is 24.8 Å². The topological polar surface area (TPSA) is 102 Å². The van der Waals surface area contributed by atoms with E-state index in [9.17, 15) is 13.2 Å². The van der Waals surface area contributed by atoms with Crippen LogP contribution in [0.2, 0.25) is 0 Å². The van der Waals surface area contributed by atoms with E-state index in [-0.39, 0.29) is 19.1 Å². The van der Waals surface area contributed by atoms with Crippen LogP contribution < -0.4 is 4.72 Å². The number of esters is 1. The first-order valence-corrected chi connectivity index (χ1v) is 9.11. The number of nitrogens with one attached hydrogen (secondary N) is 1. The van der Waals surface area contributed by atoms with E-state index >= 15 is 0 Å². The second-order valence-corrected chi connectivity index (χ2v) is 7.28. The van der Waals surface area contributed by atoms with Crippen molar-refractivity contribution in [2.24, 2.45) is 5.92 Å². The maximum Gasteiger partial charge on any atom is 0.310 e. The zero-order chi connectivity index (χ0) is 17.0. The number of hydrogen-bond donors (Lipinski definition) is 1. The molecule has 1 aromatic rings.